The maximum atomic E-state index is 11.9. The van der Waals surface area contributed by atoms with Crippen LogP contribution in [0.1, 0.15) is 11.1 Å². The maximum absolute atomic E-state index is 11.9. The van der Waals surface area contributed by atoms with E-state index in [0.29, 0.717) is 5.56 Å². The van der Waals surface area contributed by atoms with Crippen LogP contribution in [-0.2, 0) is 27.5 Å². The molecule has 1 aromatic rings. The number of ether oxygens (including phenoxy) is 1. The largest absolute Gasteiger partial charge is 0.411 e. The summed E-state index contributed by atoms with van der Waals surface area (Å²) in [7, 11) is 0. The van der Waals surface area contributed by atoms with Crippen molar-refractivity contribution in [3.8, 4) is 0 Å². The molecule has 4 N–H and O–H groups in total. The smallest absolute Gasteiger partial charge is 0.367 e. The Hall–Kier alpha value is -2.13. The topological polar surface area (TPSA) is 93.5 Å². The number of hydrogen-bond donors (Lipinski definition) is 3. The predicted octanol–water partition coefficient (Wildman–Crippen LogP) is 0.457. The Balaban J connectivity index is 2.31. The number of rotatable bonds is 8. The van der Waals surface area contributed by atoms with Gasteiger partial charge in [-0.05, 0) is 11.1 Å². The highest BCUT2D eigenvalue weighted by molar-refractivity contribution is 5.85. The number of alkyl halides is 3. The van der Waals surface area contributed by atoms with Crippen LogP contribution in [-0.4, -0.2) is 37.7 Å². The van der Waals surface area contributed by atoms with Crippen molar-refractivity contribution in [1.82, 2.24) is 10.6 Å². The van der Waals surface area contributed by atoms with Crippen molar-refractivity contribution >= 4 is 11.8 Å². The molecule has 0 aliphatic heterocycles. The Morgan fingerprint density at radius 1 is 1.04 bits per heavy atom. The molecule has 0 heterocycles. The molecule has 2 amide bonds. The van der Waals surface area contributed by atoms with Crippen molar-refractivity contribution in [1.29, 1.82) is 0 Å². The fourth-order valence-electron chi connectivity index (χ4n) is 1.55. The number of nitrogens with two attached hydrogens (primary N) is 1. The fraction of sp³-hybridized carbons (Fsp3) is 0.429. The highest BCUT2D eigenvalue weighted by Crippen LogP contribution is 2.15. The van der Waals surface area contributed by atoms with E-state index in [1.807, 2.05) is 0 Å². The molecule has 0 aromatic heterocycles. The Morgan fingerprint density at radius 3 is 2.22 bits per heavy atom. The minimum absolute atomic E-state index is 0.142. The van der Waals surface area contributed by atoms with Crippen molar-refractivity contribution in [2.45, 2.75) is 19.3 Å². The van der Waals surface area contributed by atoms with Gasteiger partial charge in [0.15, 0.2) is 0 Å². The molecule has 9 heteroatoms. The molecule has 0 aliphatic rings. The van der Waals surface area contributed by atoms with Gasteiger partial charge in [-0.2, -0.15) is 13.2 Å². The lowest BCUT2D eigenvalue weighted by atomic mass is 10.1. The summed E-state index contributed by atoms with van der Waals surface area (Å²) < 4.78 is 40.3. The molecular formula is C14H18F3N3O3. The summed E-state index contributed by atoms with van der Waals surface area (Å²) in [6.45, 7) is -1.55. The van der Waals surface area contributed by atoms with Crippen LogP contribution in [0.2, 0.25) is 0 Å². The molecule has 0 saturated heterocycles. The number of nitrogens with one attached hydrogen (secondary N) is 2. The van der Waals surface area contributed by atoms with E-state index < -0.39 is 18.7 Å². The van der Waals surface area contributed by atoms with Crippen molar-refractivity contribution < 1.29 is 27.5 Å². The minimum atomic E-state index is -4.34. The van der Waals surface area contributed by atoms with Crippen LogP contribution in [0.3, 0.4) is 0 Å². The summed E-state index contributed by atoms with van der Waals surface area (Å²) in [4.78, 5) is 22.3. The van der Waals surface area contributed by atoms with Crippen LogP contribution < -0.4 is 16.4 Å². The van der Waals surface area contributed by atoms with Crippen LogP contribution in [0, 0.1) is 0 Å². The maximum Gasteiger partial charge on any atom is 0.411 e. The van der Waals surface area contributed by atoms with E-state index >= 15 is 0 Å². The summed E-state index contributed by atoms with van der Waals surface area (Å²) in [5, 5.41) is 4.91. The molecule has 0 radical (unpaired) electrons. The Kier molecular flexibility index (Phi) is 7.49. The van der Waals surface area contributed by atoms with Crippen molar-refractivity contribution in [3.05, 3.63) is 35.4 Å². The zero-order valence-corrected chi connectivity index (χ0v) is 12.3. The van der Waals surface area contributed by atoms with Crippen molar-refractivity contribution in [3.63, 3.8) is 0 Å². The molecule has 6 nitrogen and oxygen atoms in total. The van der Waals surface area contributed by atoms with Gasteiger partial charge in [-0.15, -0.1) is 0 Å². The molecule has 128 valence electrons. The second-order valence-electron chi connectivity index (χ2n) is 4.68. The molecule has 1 rings (SSSR count). The first-order valence-electron chi connectivity index (χ1n) is 6.76. The van der Waals surface area contributed by atoms with Gasteiger partial charge in [-0.3, -0.25) is 9.59 Å². The third kappa shape index (κ3) is 8.79. The normalized spacial score (nSPS) is 11.1. The quantitative estimate of drug-likeness (QED) is 0.644. The van der Waals surface area contributed by atoms with Crippen LogP contribution in [0.25, 0.3) is 0 Å². The molecule has 0 fully saturated rings. The van der Waals surface area contributed by atoms with Crippen LogP contribution in [0.15, 0.2) is 24.3 Å². The lowest BCUT2D eigenvalue weighted by molar-refractivity contribution is -0.176. The van der Waals surface area contributed by atoms with Crippen LogP contribution in [0.5, 0.6) is 0 Å². The van der Waals surface area contributed by atoms with Crippen LogP contribution in [0.4, 0.5) is 13.2 Å². The zero-order valence-electron chi connectivity index (χ0n) is 12.3. The van der Waals surface area contributed by atoms with Crippen molar-refractivity contribution in [2.24, 2.45) is 5.73 Å². The summed E-state index contributed by atoms with van der Waals surface area (Å²) in [5.74, 6) is -0.798. The Labute approximate surface area is 131 Å². The molecule has 0 aliphatic carbocycles. The number of halogens is 3. The third-order valence-electron chi connectivity index (χ3n) is 2.68. The lowest BCUT2D eigenvalue weighted by Crippen LogP contribution is -2.39. The van der Waals surface area contributed by atoms with E-state index in [1.54, 1.807) is 24.3 Å². The van der Waals surface area contributed by atoms with Gasteiger partial charge in [0.1, 0.15) is 6.61 Å². The summed E-state index contributed by atoms with van der Waals surface area (Å²) in [5.41, 5.74) is 6.44. The average Bonchev–Trinajstić information content (AvgIpc) is 2.50. The third-order valence-corrected chi connectivity index (χ3v) is 2.68. The standard InChI is InChI=1S/C14H18F3N3O3/c15-14(16,17)9-23-8-11-3-1-10(2-4-11)6-19-13(22)7-20-12(21)5-18/h1-4H,5-9,18H2,(H,19,22)(H,20,21). The van der Waals surface area contributed by atoms with Gasteiger partial charge in [0, 0.05) is 6.54 Å². The second kappa shape index (κ2) is 9.11. The molecule has 0 spiro atoms. The molecule has 0 unspecified atom stereocenters. The van der Waals surface area contributed by atoms with Gasteiger partial charge in [0.2, 0.25) is 11.8 Å². The first-order chi connectivity index (χ1) is 10.8. The molecule has 1 aromatic carbocycles. The van der Waals surface area contributed by atoms with Crippen molar-refractivity contribution in [2.75, 3.05) is 19.7 Å². The van der Waals surface area contributed by atoms with Gasteiger partial charge in [-0.1, -0.05) is 24.3 Å². The highest BCUT2D eigenvalue weighted by Gasteiger charge is 2.27. The second-order valence-corrected chi connectivity index (χ2v) is 4.68. The van der Waals surface area contributed by atoms with E-state index in [-0.39, 0.29) is 32.1 Å². The Morgan fingerprint density at radius 2 is 1.65 bits per heavy atom. The number of benzene rings is 1. The van der Waals surface area contributed by atoms with E-state index in [4.69, 9.17) is 5.73 Å². The number of carbonyl (C=O) groups is 2. The summed E-state index contributed by atoms with van der Waals surface area (Å²) >= 11 is 0. The zero-order chi connectivity index (χ0) is 17.3. The molecule has 23 heavy (non-hydrogen) atoms. The first-order valence-corrected chi connectivity index (χ1v) is 6.76. The van der Waals surface area contributed by atoms with Crippen LogP contribution >= 0.6 is 0 Å². The van der Waals surface area contributed by atoms with E-state index in [0.717, 1.165) is 5.56 Å². The Bertz CT molecular complexity index is 518. The predicted molar refractivity (Wildman–Crippen MR) is 76.1 cm³/mol. The van der Waals surface area contributed by atoms with Gasteiger partial charge in [-0.25, -0.2) is 0 Å². The molecule has 0 saturated carbocycles. The first kappa shape index (κ1) is 18.9. The number of amides is 2. The SMILES string of the molecule is NCC(=O)NCC(=O)NCc1ccc(COCC(F)(F)F)cc1. The van der Waals surface area contributed by atoms with Gasteiger partial charge in [0.25, 0.3) is 0 Å². The van der Waals surface area contributed by atoms with Gasteiger partial charge >= 0.3 is 6.18 Å². The van der Waals surface area contributed by atoms with E-state index in [2.05, 4.69) is 15.4 Å². The molecule has 0 bridgehead atoms. The van der Waals surface area contributed by atoms with Gasteiger partial charge in [0.05, 0.1) is 19.7 Å². The monoisotopic (exact) mass is 333 g/mol. The minimum Gasteiger partial charge on any atom is -0.367 e. The highest BCUT2D eigenvalue weighted by atomic mass is 19.4. The van der Waals surface area contributed by atoms with E-state index in [9.17, 15) is 22.8 Å². The fourth-order valence-corrected chi connectivity index (χ4v) is 1.55. The summed E-state index contributed by atoms with van der Waals surface area (Å²) in [6, 6.07) is 6.58. The molecular weight excluding hydrogens is 315 g/mol. The lowest BCUT2D eigenvalue weighted by Gasteiger charge is -2.09. The summed E-state index contributed by atoms with van der Waals surface area (Å²) in [6.07, 6.45) is -4.34. The average molecular weight is 333 g/mol. The number of hydrogen-bond acceptors (Lipinski definition) is 4. The molecule has 0 atom stereocenters. The van der Waals surface area contributed by atoms with Gasteiger partial charge < -0.3 is 21.1 Å². The number of carbonyl (C=O) groups excluding carboxylic acids is 2. The van der Waals surface area contributed by atoms with E-state index in [1.165, 1.54) is 0 Å².